The summed E-state index contributed by atoms with van der Waals surface area (Å²) in [5, 5.41) is 17.0. The average Bonchev–Trinajstić information content (AvgIpc) is 3.30. The minimum Gasteiger partial charge on any atom is -0.477 e. The second-order valence-corrected chi connectivity index (χ2v) is 8.16. The molecule has 3 heterocycles. The lowest BCUT2D eigenvalue weighted by atomic mass is 10.1. The van der Waals surface area contributed by atoms with Gasteiger partial charge in [-0.1, -0.05) is 5.21 Å². The third-order valence-corrected chi connectivity index (χ3v) is 6.01. The monoisotopic (exact) mass is 430 g/mol. The van der Waals surface area contributed by atoms with Crippen molar-refractivity contribution in [1.82, 2.24) is 19.6 Å². The molecule has 0 radical (unpaired) electrons. The lowest BCUT2D eigenvalue weighted by Crippen LogP contribution is -2.26. The summed E-state index contributed by atoms with van der Waals surface area (Å²) in [5.41, 5.74) is 4.18. The number of hydrogen-bond donors (Lipinski definition) is 2. The number of rotatable bonds is 4. The van der Waals surface area contributed by atoms with Gasteiger partial charge in [-0.3, -0.25) is 4.79 Å². The number of benzene rings is 1. The molecule has 3 aromatic rings. The van der Waals surface area contributed by atoms with Crippen LogP contribution in [0.2, 0.25) is 0 Å². The molecule has 1 aromatic carbocycles. The molecule has 162 valence electrons. The third kappa shape index (κ3) is 2.94. The Morgan fingerprint density at radius 3 is 2.55 bits per heavy atom. The van der Waals surface area contributed by atoms with E-state index in [0.29, 0.717) is 32.4 Å². The largest absolute Gasteiger partial charge is 0.477 e. The first kappa shape index (κ1) is 19.5. The number of carboxylic acids is 1. The fourth-order valence-electron chi connectivity index (χ4n) is 4.33. The quantitative estimate of drug-likeness (QED) is 0.609. The van der Waals surface area contributed by atoms with Crippen LogP contribution in [0.5, 0.6) is 0 Å². The van der Waals surface area contributed by atoms with Gasteiger partial charge in [-0.05, 0) is 26.2 Å². The number of pyridine rings is 1. The Hall–Kier alpha value is -3.50. The van der Waals surface area contributed by atoms with Crippen LogP contribution in [0, 0.1) is 18.6 Å². The Bertz CT molecular complexity index is 1300. The molecule has 1 atom stereocenters. The van der Waals surface area contributed by atoms with E-state index in [-0.39, 0.29) is 23.3 Å². The molecule has 1 aliphatic carbocycles. The number of nitrogens with zero attached hydrogens (tertiary/aromatic N) is 5. The summed E-state index contributed by atoms with van der Waals surface area (Å²) in [6.45, 7) is 2.47. The van der Waals surface area contributed by atoms with Gasteiger partial charge >= 0.3 is 5.97 Å². The van der Waals surface area contributed by atoms with Crippen molar-refractivity contribution in [3.8, 4) is 0 Å². The molecule has 1 aliphatic heterocycles. The molecule has 2 fully saturated rings. The standard InChI is InChI=1S/C20H20F2N6O3/c1-9-6-28(25-24-9)11-4-5-26(7-11)18-14(21)16(23)13-17(15(18)22)27(10-2-3-10)8-12(19(13)29)20(30)31/h6,8,10-11H,2-5,7,23H2,1H3,(H,30,31). The predicted octanol–water partition coefficient (Wildman–Crippen LogP) is 2.25. The number of aromatic carboxylic acids is 1. The van der Waals surface area contributed by atoms with E-state index in [9.17, 15) is 14.7 Å². The van der Waals surface area contributed by atoms with Crippen molar-refractivity contribution in [1.29, 1.82) is 0 Å². The van der Waals surface area contributed by atoms with E-state index in [4.69, 9.17) is 5.73 Å². The summed E-state index contributed by atoms with van der Waals surface area (Å²) in [6, 6.07) is -0.269. The van der Waals surface area contributed by atoms with Crippen LogP contribution < -0.4 is 16.1 Å². The van der Waals surface area contributed by atoms with Crippen LogP contribution in [-0.4, -0.2) is 43.7 Å². The van der Waals surface area contributed by atoms with Gasteiger partial charge in [-0.25, -0.2) is 18.3 Å². The number of carbonyl (C=O) groups is 1. The molecule has 0 spiro atoms. The Kier molecular flexibility index (Phi) is 4.24. The maximum atomic E-state index is 15.8. The summed E-state index contributed by atoms with van der Waals surface area (Å²) in [5.74, 6) is -3.42. The van der Waals surface area contributed by atoms with Crippen molar-refractivity contribution < 1.29 is 18.7 Å². The van der Waals surface area contributed by atoms with Crippen molar-refractivity contribution in [2.75, 3.05) is 23.7 Å². The highest BCUT2D eigenvalue weighted by atomic mass is 19.1. The van der Waals surface area contributed by atoms with Gasteiger partial charge in [0.2, 0.25) is 5.43 Å². The molecule has 9 nitrogen and oxygen atoms in total. The molecule has 3 N–H and O–H groups in total. The summed E-state index contributed by atoms with van der Waals surface area (Å²) in [7, 11) is 0. The Morgan fingerprint density at radius 2 is 1.94 bits per heavy atom. The first-order valence-corrected chi connectivity index (χ1v) is 9.99. The highest BCUT2D eigenvalue weighted by Crippen LogP contribution is 2.42. The summed E-state index contributed by atoms with van der Waals surface area (Å²) >= 11 is 0. The number of halogens is 2. The van der Waals surface area contributed by atoms with Crippen molar-refractivity contribution in [3.05, 3.63) is 45.5 Å². The van der Waals surface area contributed by atoms with Crippen LogP contribution in [0.3, 0.4) is 0 Å². The lowest BCUT2D eigenvalue weighted by molar-refractivity contribution is 0.0695. The zero-order valence-electron chi connectivity index (χ0n) is 16.7. The zero-order chi connectivity index (χ0) is 22.0. The molecule has 11 heteroatoms. The van der Waals surface area contributed by atoms with Gasteiger partial charge in [0.05, 0.1) is 28.3 Å². The minimum absolute atomic E-state index is 0.114. The molecule has 0 bridgehead atoms. The van der Waals surface area contributed by atoms with Gasteiger partial charge in [0.25, 0.3) is 0 Å². The van der Waals surface area contributed by atoms with Crippen LogP contribution in [0.1, 0.15) is 47.4 Å². The summed E-state index contributed by atoms with van der Waals surface area (Å²) < 4.78 is 34.2. The molecule has 2 aromatic heterocycles. The SMILES string of the molecule is Cc1cn(C2CCN(c3c(F)c(N)c4c(=O)c(C(=O)O)cn(C5CC5)c4c3F)C2)nn1. The van der Waals surface area contributed by atoms with Gasteiger partial charge in [0, 0.05) is 31.5 Å². The minimum atomic E-state index is -1.46. The van der Waals surface area contributed by atoms with Crippen molar-refractivity contribution in [2.24, 2.45) is 0 Å². The zero-order valence-corrected chi connectivity index (χ0v) is 16.7. The van der Waals surface area contributed by atoms with Crippen LogP contribution in [0.15, 0.2) is 17.2 Å². The number of aryl methyl sites for hydroxylation is 1. The smallest absolute Gasteiger partial charge is 0.341 e. The fourth-order valence-corrected chi connectivity index (χ4v) is 4.33. The molecule has 5 rings (SSSR count). The maximum absolute atomic E-state index is 15.8. The molecule has 0 amide bonds. The summed E-state index contributed by atoms with van der Waals surface area (Å²) in [4.78, 5) is 25.8. The predicted molar refractivity (Wildman–Crippen MR) is 108 cm³/mol. The normalized spacial score (nSPS) is 18.8. The Labute approximate surface area is 174 Å². The topological polar surface area (TPSA) is 119 Å². The number of carboxylic acid groups (broad SMARTS) is 1. The van der Waals surface area contributed by atoms with Crippen LogP contribution in [-0.2, 0) is 0 Å². The van der Waals surface area contributed by atoms with Gasteiger partial charge in [0.1, 0.15) is 11.3 Å². The third-order valence-electron chi connectivity index (χ3n) is 6.01. The van der Waals surface area contributed by atoms with E-state index in [2.05, 4.69) is 10.3 Å². The number of fused-ring (bicyclic) bond motifs is 1. The molecule has 31 heavy (non-hydrogen) atoms. The lowest BCUT2D eigenvalue weighted by Gasteiger charge is -2.23. The van der Waals surface area contributed by atoms with Crippen molar-refractivity contribution in [2.45, 2.75) is 38.3 Å². The number of hydrogen-bond acceptors (Lipinski definition) is 6. The molecule has 1 saturated heterocycles. The van der Waals surface area contributed by atoms with Crippen LogP contribution in [0.4, 0.5) is 20.2 Å². The molecular formula is C20H20F2N6O3. The Morgan fingerprint density at radius 1 is 1.19 bits per heavy atom. The van der Waals surface area contributed by atoms with E-state index in [1.165, 1.54) is 4.57 Å². The second kappa shape index (κ2) is 6.76. The summed E-state index contributed by atoms with van der Waals surface area (Å²) in [6.07, 6.45) is 4.93. The van der Waals surface area contributed by atoms with E-state index in [0.717, 1.165) is 11.9 Å². The number of aromatic nitrogens is 4. The number of nitrogen functional groups attached to an aromatic ring is 1. The Balaban J connectivity index is 1.68. The van der Waals surface area contributed by atoms with Gasteiger partial charge < -0.3 is 20.3 Å². The molecule has 1 unspecified atom stereocenters. The van der Waals surface area contributed by atoms with Crippen LogP contribution in [0.25, 0.3) is 10.9 Å². The van der Waals surface area contributed by atoms with E-state index < -0.39 is 39.7 Å². The second-order valence-electron chi connectivity index (χ2n) is 8.16. The highest BCUT2D eigenvalue weighted by molar-refractivity contribution is 5.99. The number of anilines is 2. The van der Waals surface area contributed by atoms with Gasteiger partial charge in [-0.15, -0.1) is 5.10 Å². The first-order valence-electron chi connectivity index (χ1n) is 9.99. The molecular weight excluding hydrogens is 410 g/mol. The van der Waals surface area contributed by atoms with E-state index in [1.54, 1.807) is 15.8 Å². The van der Waals surface area contributed by atoms with Crippen molar-refractivity contribution >= 4 is 28.2 Å². The fraction of sp³-hybridized carbons (Fsp3) is 0.400. The maximum Gasteiger partial charge on any atom is 0.341 e. The van der Waals surface area contributed by atoms with Crippen molar-refractivity contribution in [3.63, 3.8) is 0 Å². The molecule has 1 saturated carbocycles. The van der Waals surface area contributed by atoms with Crippen LogP contribution >= 0.6 is 0 Å². The molecule has 2 aliphatic rings. The highest BCUT2D eigenvalue weighted by Gasteiger charge is 2.35. The van der Waals surface area contributed by atoms with E-state index >= 15 is 8.78 Å². The van der Waals surface area contributed by atoms with E-state index in [1.807, 2.05) is 6.92 Å². The first-order chi connectivity index (χ1) is 14.8. The average molecular weight is 430 g/mol. The van der Waals surface area contributed by atoms with Gasteiger partial charge in [-0.2, -0.15) is 0 Å². The van der Waals surface area contributed by atoms with Gasteiger partial charge in [0.15, 0.2) is 11.6 Å². The number of nitrogens with two attached hydrogens (primary N) is 1.